The van der Waals surface area contributed by atoms with Crippen LogP contribution < -0.4 is 0 Å². The Bertz CT molecular complexity index is 820. The lowest BCUT2D eigenvalue weighted by Gasteiger charge is -2.19. The Morgan fingerprint density at radius 3 is 2.40 bits per heavy atom. The molecule has 0 heteroatoms. The molecule has 4 rings (SSSR count). The van der Waals surface area contributed by atoms with Gasteiger partial charge in [0, 0.05) is 0 Å². The maximum atomic E-state index is 2.57. The van der Waals surface area contributed by atoms with Gasteiger partial charge in [0.05, 0.1) is 0 Å². The van der Waals surface area contributed by atoms with Crippen molar-refractivity contribution in [1.29, 1.82) is 0 Å². The lowest BCUT2D eigenvalue weighted by Crippen LogP contribution is -2.07. The first-order valence-corrected chi connectivity index (χ1v) is 10.1. The van der Waals surface area contributed by atoms with Gasteiger partial charge in [0.25, 0.3) is 0 Å². The standard InChI is InChI=1S/C25H29/c1-2-4-6-11-20(12-7-5-3-1)17-23-15-10-16-24-18-21-13-8-9-14-22(21)19-25(23)24/h6,8-10,13-16,18-20H,1-5,7,11-12,17H2. The van der Waals surface area contributed by atoms with E-state index in [9.17, 15) is 0 Å². The number of fused-ring (bicyclic) bond motifs is 2. The monoisotopic (exact) mass is 329 g/mol. The SMILES string of the molecule is [CH]1CCCCCCCC(Cc2cccc3cc4ccccc4cc23)C1. The molecule has 0 bridgehead atoms. The van der Waals surface area contributed by atoms with Gasteiger partial charge in [0.1, 0.15) is 0 Å². The maximum absolute atomic E-state index is 2.57. The second kappa shape index (κ2) is 8.04. The Kier molecular flexibility index (Phi) is 5.35. The van der Waals surface area contributed by atoms with Gasteiger partial charge in [0.2, 0.25) is 0 Å². The summed E-state index contributed by atoms with van der Waals surface area (Å²) in [5, 5.41) is 5.55. The fourth-order valence-electron chi connectivity index (χ4n) is 4.43. The van der Waals surface area contributed by atoms with E-state index in [1.54, 1.807) is 5.56 Å². The van der Waals surface area contributed by atoms with Crippen molar-refractivity contribution in [3.63, 3.8) is 0 Å². The molecule has 1 fully saturated rings. The van der Waals surface area contributed by atoms with Gasteiger partial charge in [0.15, 0.2) is 0 Å². The summed E-state index contributed by atoms with van der Waals surface area (Å²) in [4.78, 5) is 0. The molecule has 1 aliphatic rings. The highest BCUT2D eigenvalue weighted by molar-refractivity contribution is 5.99. The molecule has 0 aliphatic heterocycles. The van der Waals surface area contributed by atoms with Crippen LogP contribution in [0.1, 0.15) is 56.9 Å². The molecule has 1 radical (unpaired) electrons. The van der Waals surface area contributed by atoms with E-state index in [4.69, 9.17) is 0 Å². The third-order valence-electron chi connectivity index (χ3n) is 5.87. The van der Waals surface area contributed by atoms with Crippen LogP contribution in [0.3, 0.4) is 0 Å². The average Bonchev–Trinajstić information content (AvgIpc) is 2.65. The largest absolute Gasteiger partial charge is 0.0616 e. The second-order valence-electron chi connectivity index (χ2n) is 7.78. The summed E-state index contributed by atoms with van der Waals surface area (Å²) in [5.41, 5.74) is 1.54. The van der Waals surface area contributed by atoms with Gasteiger partial charge in [-0.15, -0.1) is 0 Å². The van der Waals surface area contributed by atoms with Crippen LogP contribution in [0.5, 0.6) is 0 Å². The maximum Gasteiger partial charge on any atom is -0.0145 e. The van der Waals surface area contributed by atoms with E-state index < -0.39 is 0 Å². The van der Waals surface area contributed by atoms with Gasteiger partial charge < -0.3 is 0 Å². The van der Waals surface area contributed by atoms with E-state index in [-0.39, 0.29) is 0 Å². The highest BCUT2D eigenvalue weighted by Crippen LogP contribution is 2.30. The lowest BCUT2D eigenvalue weighted by molar-refractivity contribution is 0.425. The van der Waals surface area contributed by atoms with Gasteiger partial charge >= 0.3 is 0 Å². The molecule has 0 heterocycles. The topological polar surface area (TPSA) is 0 Å². The van der Waals surface area contributed by atoms with Crippen molar-refractivity contribution in [2.45, 2.75) is 57.8 Å². The van der Waals surface area contributed by atoms with Crippen molar-refractivity contribution >= 4 is 21.5 Å². The smallest absolute Gasteiger partial charge is 0.0145 e. The van der Waals surface area contributed by atoms with E-state index >= 15 is 0 Å². The quantitative estimate of drug-likeness (QED) is 0.427. The first-order chi connectivity index (χ1) is 12.4. The lowest BCUT2D eigenvalue weighted by atomic mass is 9.86. The van der Waals surface area contributed by atoms with Crippen LogP contribution in [0, 0.1) is 12.3 Å². The Morgan fingerprint density at radius 1 is 0.720 bits per heavy atom. The molecule has 0 aromatic heterocycles. The summed E-state index contributed by atoms with van der Waals surface area (Å²) >= 11 is 0. The fourth-order valence-corrected chi connectivity index (χ4v) is 4.43. The predicted molar refractivity (Wildman–Crippen MR) is 110 cm³/mol. The van der Waals surface area contributed by atoms with Gasteiger partial charge in [-0.25, -0.2) is 0 Å². The van der Waals surface area contributed by atoms with Crippen LogP contribution in [-0.2, 0) is 6.42 Å². The van der Waals surface area contributed by atoms with Crippen molar-refractivity contribution in [3.8, 4) is 0 Å². The molecule has 0 N–H and O–H groups in total. The van der Waals surface area contributed by atoms with Gasteiger partial charge in [-0.05, 0) is 64.4 Å². The fraction of sp³-hybridized carbons (Fsp3) is 0.400. The predicted octanol–water partition coefficient (Wildman–Crippen LogP) is 7.49. The molecule has 1 atom stereocenters. The molecule has 0 spiro atoms. The molecule has 25 heavy (non-hydrogen) atoms. The van der Waals surface area contributed by atoms with Crippen molar-refractivity contribution in [2.75, 3.05) is 0 Å². The van der Waals surface area contributed by atoms with Crippen molar-refractivity contribution in [2.24, 2.45) is 5.92 Å². The normalized spacial score (nSPS) is 17.8. The molecule has 0 amide bonds. The average molecular weight is 330 g/mol. The summed E-state index contributed by atoms with van der Waals surface area (Å²) in [7, 11) is 0. The number of benzene rings is 3. The first kappa shape index (κ1) is 16.6. The van der Waals surface area contributed by atoms with E-state index in [2.05, 4.69) is 61.0 Å². The van der Waals surface area contributed by atoms with Crippen LogP contribution in [-0.4, -0.2) is 0 Å². The number of hydrogen-bond donors (Lipinski definition) is 0. The molecular formula is C25H29. The van der Waals surface area contributed by atoms with E-state index in [1.165, 1.54) is 79.3 Å². The summed E-state index contributed by atoms with van der Waals surface area (Å²) in [6.07, 6.45) is 14.9. The number of hydrogen-bond acceptors (Lipinski definition) is 0. The van der Waals surface area contributed by atoms with Gasteiger partial charge in [-0.2, -0.15) is 0 Å². The van der Waals surface area contributed by atoms with Crippen LogP contribution in [0.2, 0.25) is 0 Å². The van der Waals surface area contributed by atoms with E-state index in [1.807, 2.05) is 0 Å². The molecule has 3 aromatic rings. The third-order valence-corrected chi connectivity index (χ3v) is 5.87. The van der Waals surface area contributed by atoms with Crippen molar-refractivity contribution < 1.29 is 0 Å². The van der Waals surface area contributed by atoms with Crippen LogP contribution in [0.15, 0.2) is 54.6 Å². The van der Waals surface area contributed by atoms with E-state index in [0.29, 0.717) is 0 Å². The second-order valence-corrected chi connectivity index (χ2v) is 7.78. The Hall–Kier alpha value is -1.82. The number of rotatable bonds is 2. The summed E-state index contributed by atoms with van der Waals surface area (Å²) in [5.74, 6) is 0.815. The summed E-state index contributed by atoms with van der Waals surface area (Å²) in [6.45, 7) is 0. The highest BCUT2D eigenvalue weighted by atomic mass is 14.2. The molecule has 0 nitrogen and oxygen atoms in total. The Morgan fingerprint density at radius 2 is 1.48 bits per heavy atom. The Balaban J connectivity index is 1.62. The van der Waals surface area contributed by atoms with Gasteiger partial charge in [-0.3, -0.25) is 0 Å². The third kappa shape index (κ3) is 4.06. The van der Waals surface area contributed by atoms with Crippen LogP contribution in [0.4, 0.5) is 0 Å². The summed E-state index contributed by atoms with van der Waals surface area (Å²) < 4.78 is 0. The molecule has 0 saturated heterocycles. The summed E-state index contributed by atoms with van der Waals surface area (Å²) in [6, 6.07) is 20.4. The van der Waals surface area contributed by atoms with Gasteiger partial charge in [-0.1, -0.05) is 87.4 Å². The zero-order valence-corrected chi connectivity index (χ0v) is 15.2. The Labute approximate surface area is 152 Å². The zero-order chi connectivity index (χ0) is 16.9. The van der Waals surface area contributed by atoms with E-state index in [0.717, 1.165) is 5.92 Å². The first-order valence-electron chi connectivity index (χ1n) is 10.1. The van der Waals surface area contributed by atoms with Crippen LogP contribution >= 0.6 is 0 Å². The van der Waals surface area contributed by atoms with Crippen molar-refractivity contribution in [1.82, 2.24) is 0 Å². The highest BCUT2D eigenvalue weighted by Gasteiger charge is 2.13. The minimum Gasteiger partial charge on any atom is -0.0616 e. The minimum absolute atomic E-state index is 0.815. The molecular weight excluding hydrogens is 300 g/mol. The molecule has 1 saturated carbocycles. The molecule has 3 aromatic carbocycles. The van der Waals surface area contributed by atoms with Crippen LogP contribution in [0.25, 0.3) is 21.5 Å². The molecule has 129 valence electrons. The van der Waals surface area contributed by atoms with Crippen molar-refractivity contribution in [3.05, 3.63) is 66.6 Å². The molecule has 1 unspecified atom stereocenters. The minimum atomic E-state index is 0.815. The zero-order valence-electron chi connectivity index (χ0n) is 15.2. The molecule has 1 aliphatic carbocycles.